The Bertz CT molecular complexity index is 763. The number of urea groups is 1. The van der Waals surface area contributed by atoms with Crippen LogP contribution in [0.25, 0.3) is 0 Å². The van der Waals surface area contributed by atoms with Crippen molar-refractivity contribution in [1.29, 1.82) is 0 Å². The minimum absolute atomic E-state index is 0.245. The minimum Gasteiger partial charge on any atom is -0.354 e. The smallest absolute Gasteiger partial charge is 0.327 e. The van der Waals surface area contributed by atoms with Crippen molar-refractivity contribution >= 4 is 41.0 Å². The van der Waals surface area contributed by atoms with Gasteiger partial charge in [-0.3, -0.25) is 14.5 Å². The molecule has 2 fully saturated rings. The SMILES string of the molecule is CN1C(=O)N(CC(=O)NCCc2ccc(Cl)cc2Cl)C(=O)C12CCCCC2. The number of carbonyl (C=O) groups excluding carboxylic acids is 3. The van der Waals surface area contributed by atoms with Crippen LogP contribution < -0.4 is 5.32 Å². The van der Waals surface area contributed by atoms with Crippen molar-refractivity contribution in [3.63, 3.8) is 0 Å². The Balaban J connectivity index is 1.56. The zero-order valence-electron chi connectivity index (χ0n) is 15.3. The van der Waals surface area contributed by atoms with E-state index in [9.17, 15) is 14.4 Å². The predicted molar refractivity (Wildman–Crippen MR) is 104 cm³/mol. The number of benzene rings is 1. The number of halogens is 2. The van der Waals surface area contributed by atoms with Crippen LogP contribution in [0.2, 0.25) is 10.0 Å². The summed E-state index contributed by atoms with van der Waals surface area (Å²) in [6.45, 7) is 0.107. The lowest BCUT2D eigenvalue weighted by Gasteiger charge is -2.35. The molecule has 1 aliphatic carbocycles. The fourth-order valence-corrected chi connectivity index (χ4v) is 4.43. The second kappa shape index (κ2) is 8.07. The van der Waals surface area contributed by atoms with E-state index in [1.54, 1.807) is 19.2 Å². The summed E-state index contributed by atoms with van der Waals surface area (Å²) in [6, 6.07) is 4.82. The van der Waals surface area contributed by atoms with Gasteiger partial charge in [0.25, 0.3) is 5.91 Å². The summed E-state index contributed by atoms with van der Waals surface area (Å²) in [5.41, 5.74) is 0.113. The number of nitrogens with one attached hydrogen (secondary N) is 1. The molecule has 1 N–H and O–H groups in total. The molecule has 0 radical (unpaired) electrons. The van der Waals surface area contributed by atoms with E-state index in [1.807, 2.05) is 6.07 Å². The third kappa shape index (κ3) is 3.92. The molecule has 1 saturated carbocycles. The molecule has 0 aromatic heterocycles. The summed E-state index contributed by atoms with van der Waals surface area (Å²) in [5.74, 6) is -0.603. The van der Waals surface area contributed by atoms with Crippen LogP contribution in [0.1, 0.15) is 37.7 Å². The zero-order valence-corrected chi connectivity index (χ0v) is 16.8. The first-order valence-corrected chi connectivity index (χ1v) is 9.91. The number of nitrogens with zero attached hydrogens (tertiary/aromatic N) is 2. The van der Waals surface area contributed by atoms with E-state index in [1.165, 1.54) is 4.90 Å². The van der Waals surface area contributed by atoms with Gasteiger partial charge in [-0.15, -0.1) is 0 Å². The van der Waals surface area contributed by atoms with Crippen molar-refractivity contribution in [3.8, 4) is 0 Å². The molecule has 0 atom stereocenters. The van der Waals surface area contributed by atoms with Crippen LogP contribution in [-0.2, 0) is 16.0 Å². The van der Waals surface area contributed by atoms with Crippen molar-refractivity contribution in [2.24, 2.45) is 0 Å². The first-order valence-electron chi connectivity index (χ1n) is 9.15. The molecule has 1 heterocycles. The molecule has 1 aliphatic heterocycles. The fraction of sp³-hybridized carbons (Fsp3) is 0.526. The third-order valence-electron chi connectivity index (χ3n) is 5.52. The van der Waals surface area contributed by atoms with Crippen LogP contribution in [0, 0.1) is 0 Å². The van der Waals surface area contributed by atoms with Crippen molar-refractivity contribution < 1.29 is 14.4 Å². The highest BCUT2D eigenvalue weighted by Gasteiger charge is 2.55. The zero-order chi connectivity index (χ0) is 19.6. The standard InChI is InChI=1S/C19H23Cl2N3O3/c1-23-18(27)24(17(26)19(23)8-3-2-4-9-19)12-16(25)22-10-7-13-5-6-14(20)11-15(13)21/h5-6,11H,2-4,7-10,12H2,1H3,(H,22,25). The highest BCUT2D eigenvalue weighted by Crippen LogP contribution is 2.39. The first-order chi connectivity index (χ1) is 12.8. The van der Waals surface area contributed by atoms with Gasteiger partial charge in [0, 0.05) is 23.6 Å². The van der Waals surface area contributed by atoms with E-state index in [0.29, 0.717) is 35.9 Å². The maximum absolute atomic E-state index is 12.9. The number of imide groups is 1. The van der Waals surface area contributed by atoms with Crippen LogP contribution in [-0.4, -0.2) is 53.3 Å². The lowest BCUT2D eigenvalue weighted by Crippen LogP contribution is -2.49. The summed E-state index contributed by atoms with van der Waals surface area (Å²) in [6.07, 6.45) is 4.79. The molecule has 2 aliphatic rings. The van der Waals surface area contributed by atoms with Crippen LogP contribution in [0.4, 0.5) is 4.79 Å². The summed E-state index contributed by atoms with van der Waals surface area (Å²) >= 11 is 12.0. The maximum Gasteiger partial charge on any atom is 0.327 e. The van der Waals surface area contributed by atoms with Gasteiger partial charge in [-0.05, 0) is 37.0 Å². The largest absolute Gasteiger partial charge is 0.354 e. The van der Waals surface area contributed by atoms with E-state index in [-0.39, 0.29) is 18.4 Å². The molecule has 27 heavy (non-hydrogen) atoms. The Morgan fingerprint density at radius 3 is 2.56 bits per heavy atom. The van der Waals surface area contributed by atoms with E-state index < -0.39 is 11.6 Å². The van der Waals surface area contributed by atoms with E-state index in [0.717, 1.165) is 29.7 Å². The molecule has 0 bridgehead atoms. The van der Waals surface area contributed by atoms with E-state index in [2.05, 4.69) is 5.32 Å². The molecule has 1 aromatic carbocycles. The van der Waals surface area contributed by atoms with Crippen LogP contribution >= 0.6 is 23.2 Å². The van der Waals surface area contributed by atoms with Gasteiger partial charge >= 0.3 is 6.03 Å². The Morgan fingerprint density at radius 2 is 1.89 bits per heavy atom. The van der Waals surface area contributed by atoms with E-state index >= 15 is 0 Å². The average Bonchev–Trinajstić information content (AvgIpc) is 2.81. The molecule has 3 rings (SSSR count). The lowest BCUT2D eigenvalue weighted by molar-refractivity contribution is -0.137. The van der Waals surface area contributed by atoms with Crippen LogP contribution in [0.3, 0.4) is 0 Å². The Hall–Kier alpha value is -1.79. The monoisotopic (exact) mass is 411 g/mol. The molecule has 146 valence electrons. The highest BCUT2D eigenvalue weighted by molar-refractivity contribution is 6.35. The average molecular weight is 412 g/mol. The molecular formula is C19H23Cl2N3O3. The van der Waals surface area contributed by atoms with Gasteiger partial charge in [0.05, 0.1) is 0 Å². The molecule has 6 nitrogen and oxygen atoms in total. The summed E-state index contributed by atoms with van der Waals surface area (Å²) < 4.78 is 0. The minimum atomic E-state index is -0.757. The second-order valence-electron chi connectivity index (χ2n) is 7.16. The maximum atomic E-state index is 12.9. The van der Waals surface area contributed by atoms with E-state index in [4.69, 9.17) is 23.2 Å². The van der Waals surface area contributed by atoms with Crippen molar-refractivity contribution in [2.75, 3.05) is 20.1 Å². The predicted octanol–water partition coefficient (Wildman–Crippen LogP) is 3.25. The topological polar surface area (TPSA) is 69.7 Å². The molecule has 4 amide bonds. The van der Waals surface area contributed by atoms with Crippen molar-refractivity contribution in [3.05, 3.63) is 33.8 Å². The van der Waals surface area contributed by atoms with Crippen LogP contribution in [0.15, 0.2) is 18.2 Å². The number of hydrogen-bond donors (Lipinski definition) is 1. The van der Waals surface area contributed by atoms with Crippen molar-refractivity contribution in [2.45, 2.75) is 44.1 Å². The summed E-state index contributed by atoms with van der Waals surface area (Å²) in [7, 11) is 1.66. The molecule has 1 aromatic rings. The van der Waals surface area contributed by atoms with Gasteiger partial charge in [0.2, 0.25) is 5.91 Å². The Labute approximate surface area is 168 Å². The van der Waals surface area contributed by atoms with Crippen molar-refractivity contribution in [1.82, 2.24) is 15.1 Å². The Kier molecular flexibility index (Phi) is 5.96. The number of rotatable bonds is 5. The van der Waals surface area contributed by atoms with Gasteiger partial charge in [-0.1, -0.05) is 48.5 Å². The summed E-state index contributed by atoms with van der Waals surface area (Å²) in [5, 5.41) is 3.85. The van der Waals surface area contributed by atoms with Gasteiger partial charge in [0.1, 0.15) is 12.1 Å². The normalized spacial score (nSPS) is 19.1. The summed E-state index contributed by atoms with van der Waals surface area (Å²) in [4.78, 5) is 40.3. The molecule has 1 spiro atoms. The van der Waals surface area contributed by atoms with Gasteiger partial charge in [-0.2, -0.15) is 0 Å². The number of amides is 4. The molecule has 0 unspecified atom stereocenters. The van der Waals surface area contributed by atoms with Gasteiger partial charge < -0.3 is 10.2 Å². The van der Waals surface area contributed by atoms with Crippen LogP contribution in [0.5, 0.6) is 0 Å². The second-order valence-corrected chi connectivity index (χ2v) is 8.00. The van der Waals surface area contributed by atoms with Gasteiger partial charge in [0.15, 0.2) is 0 Å². The fourth-order valence-electron chi connectivity index (χ4n) is 3.93. The first kappa shape index (κ1) is 20.0. The third-order valence-corrected chi connectivity index (χ3v) is 6.10. The highest BCUT2D eigenvalue weighted by atomic mass is 35.5. The number of carbonyl (C=O) groups is 3. The quantitative estimate of drug-likeness (QED) is 0.755. The number of likely N-dealkylation sites (N-methyl/N-ethyl adjacent to an activating group) is 1. The lowest BCUT2D eigenvalue weighted by atomic mass is 9.81. The Morgan fingerprint density at radius 1 is 1.19 bits per heavy atom. The van der Waals surface area contributed by atoms with Gasteiger partial charge in [-0.25, -0.2) is 4.79 Å². The molecule has 1 saturated heterocycles. The number of hydrogen-bond acceptors (Lipinski definition) is 3. The molecular weight excluding hydrogens is 389 g/mol. The molecule has 8 heteroatoms.